The summed E-state index contributed by atoms with van der Waals surface area (Å²) in [5.41, 5.74) is 1.46. The molecule has 0 fully saturated rings. The maximum Gasteiger partial charge on any atom is 0.261 e. The number of rotatable bonds is 5. The Bertz CT molecular complexity index is 814. The van der Waals surface area contributed by atoms with E-state index in [1.54, 1.807) is 35.3 Å². The second-order valence-electron chi connectivity index (χ2n) is 5.18. The Labute approximate surface area is 143 Å². The molecule has 0 radical (unpaired) electrons. The second-order valence-corrected chi connectivity index (χ2v) is 6.02. The summed E-state index contributed by atoms with van der Waals surface area (Å²) in [5.74, 6) is 1.08. The molecule has 0 amide bonds. The molecule has 2 heterocycles. The van der Waals surface area contributed by atoms with Gasteiger partial charge in [-0.15, -0.1) is 0 Å². The molecule has 6 nitrogen and oxygen atoms in total. The van der Waals surface area contributed by atoms with Gasteiger partial charge in [-0.05, 0) is 32.2 Å². The van der Waals surface area contributed by atoms with Crippen molar-refractivity contribution in [1.82, 2.24) is 25.2 Å². The molecule has 1 unspecified atom stereocenters. The third kappa shape index (κ3) is 3.55. The van der Waals surface area contributed by atoms with Crippen LogP contribution in [0.1, 0.15) is 12.7 Å². The standard InChI is InChI=1S/C15H15Cl2N5O/c1-9(18-2)5-14-20-15(23-21-14)10-7-19-22(8-10)13-4-3-11(16)6-12(13)17/h3-4,6-9,18H,5H2,1-2H3. The predicted molar refractivity (Wildman–Crippen MR) is 89.1 cm³/mol. The molecule has 2 aromatic heterocycles. The molecule has 0 aliphatic heterocycles. The van der Waals surface area contributed by atoms with Crippen LogP contribution in [0.3, 0.4) is 0 Å². The smallest absolute Gasteiger partial charge is 0.261 e. The minimum absolute atomic E-state index is 0.274. The van der Waals surface area contributed by atoms with Crippen LogP contribution in [0.2, 0.25) is 10.0 Å². The summed E-state index contributed by atoms with van der Waals surface area (Å²) in [4.78, 5) is 4.39. The van der Waals surface area contributed by atoms with Gasteiger partial charge >= 0.3 is 0 Å². The first kappa shape index (κ1) is 16.0. The molecule has 3 rings (SSSR count). The number of halogens is 2. The van der Waals surface area contributed by atoms with E-state index in [9.17, 15) is 0 Å². The lowest BCUT2D eigenvalue weighted by atomic mass is 10.2. The lowest BCUT2D eigenvalue weighted by Crippen LogP contribution is -2.24. The van der Waals surface area contributed by atoms with E-state index in [4.69, 9.17) is 27.7 Å². The van der Waals surface area contributed by atoms with Crippen molar-refractivity contribution in [3.63, 3.8) is 0 Å². The fourth-order valence-corrected chi connectivity index (χ4v) is 2.56. The number of hydrogen-bond donors (Lipinski definition) is 1. The van der Waals surface area contributed by atoms with Crippen molar-refractivity contribution in [1.29, 1.82) is 0 Å². The van der Waals surface area contributed by atoms with Crippen LogP contribution in [0.4, 0.5) is 0 Å². The SMILES string of the molecule is CNC(C)Cc1noc(-c2cnn(-c3ccc(Cl)cc3Cl)c2)n1. The molecule has 8 heteroatoms. The molecule has 0 saturated heterocycles. The van der Waals surface area contributed by atoms with Gasteiger partial charge in [-0.2, -0.15) is 10.1 Å². The van der Waals surface area contributed by atoms with Crippen LogP contribution >= 0.6 is 23.2 Å². The molecular formula is C15H15Cl2N5O. The van der Waals surface area contributed by atoms with Crippen LogP contribution in [0.5, 0.6) is 0 Å². The number of benzene rings is 1. The molecule has 0 spiro atoms. The largest absolute Gasteiger partial charge is 0.334 e. The van der Waals surface area contributed by atoms with Crippen molar-refractivity contribution in [3.8, 4) is 17.1 Å². The fraction of sp³-hybridized carbons (Fsp3) is 0.267. The van der Waals surface area contributed by atoms with E-state index in [0.717, 1.165) is 11.3 Å². The Hall–Kier alpha value is -1.89. The number of likely N-dealkylation sites (N-methyl/N-ethyl adjacent to an activating group) is 1. The lowest BCUT2D eigenvalue weighted by Gasteiger charge is -2.04. The Morgan fingerprint density at radius 3 is 2.91 bits per heavy atom. The lowest BCUT2D eigenvalue weighted by molar-refractivity contribution is 0.418. The zero-order chi connectivity index (χ0) is 16.4. The van der Waals surface area contributed by atoms with E-state index in [0.29, 0.717) is 28.2 Å². The van der Waals surface area contributed by atoms with Crippen LogP contribution in [0.25, 0.3) is 17.1 Å². The first-order valence-corrected chi connectivity index (χ1v) is 7.82. The molecule has 3 aromatic rings. The van der Waals surface area contributed by atoms with Crippen molar-refractivity contribution < 1.29 is 4.52 Å². The summed E-state index contributed by atoms with van der Waals surface area (Å²) in [5, 5.41) is 12.5. The van der Waals surface area contributed by atoms with Crippen molar-refractivity contribution in [3.05, 3.63) is 46.5 Å². The molecule has 0 bridgehead atoms. The molecular weight excluding hydrogens is 337 g/mol. The third-order valence-electron chi connectivity index (χ3n) is 3.44. The molecule has 0 aliphatic carbocycles. The van der Waals surface area contributed by atoms with Crippen molar-refractivity contribution in [2.75, 3.05) is 7.05 Å². The summed E-state index contributed by atoms with van der Waals surface area (Å²) < 4.78 is 6.95. The van der Waals surface area contributed by atoms with Crippen LogP contribution in [-0.2, 0) is 6.42 Å². The third-order valence-corrected chi connectivity index (χ3v) is 3.97. The first-order chi connectivity index (χ1) is 11.1. The highest BCUT2D eigenvalue weighted by Crippen LogP contribution is 2.25. The van der Waals surface area contributed by atoms with Gasteiger partial charge in [0, 0.05) is 23.7 Å². The maximum atomic E-state index is 6.19. The molecule has 1 atom stereocenters. The summed E-state index contributed by atoms with van der Waals surface area (Å²) in [6, 6.07) is 5.50. The number of nitrogens with one attached hydrogen (secondary N) is 1. The van der Waals surface area contributed by atoms with Gasteiger partial charge in [0.05, 0.1) is 22.5 Å². The van der Waals surface area contributed by atoms with Crippen LogP contribution in [-0.4, -0.2) is 33.0 Å². The summed E-state index contributed by atoms with van der Waals surface area (Å²) in [6.45, 7) is 2.05. The van der Waals surface area contributed by atoms with Gasteiger partial charge in [0.1, 0.15) is 0 Å². The highest BCUT2D eigenvalue weighted by Gasteiger charge is 2.14. The van der Waals surface area contributed by atoms with Crippen molar-refractivity contribution in [2.24, 2.45) is 0 Å². The Morgan fingerprint density at radius 2 is 2.17 bits per heavy atom. The molecule has 1 N–H and O–H groups in total. The average Bonchev–Trinajstić information content (AvgIpc) is 3.16. The minimum Gasteiger partial charge on any atom is -0.334 e. The zero-order valence-corrected chi connectivity index (χ0v) is 14.1. The zero-order valence-electron chi connectivity index (χ0n) is 12.6. The van der Waals surface area contributed by atoms with Gasteiger partial charge in [-0.25, -0.2) is 4.68 Å². The highest BCUT2D eigenvalue weighted by molar-refractivity contribution is 6.35. The average molecular weight is 352 g/mol. The van der Waals surface area contributed by atoms with Gasteiger partial charge in [0.2, 0.25) is 0 Å². The van der Waals surface area contributed by atoms with Gasteiger partial charge in [0.25, 0.3) is 5.89 Å². The molecule has 0 aliphatic rings. The summed E-state index contributed by atoms with van der Waals surface area (Å²) in [7, 11) is 1.89. The van der Waals surface area contributed by atoms with E-state index in [1.165, 1.54) is 0 Å². The van der Waals surface area contributed by atoms with E-state index >= 15 is 0 Å². The first-order valence-electron chi connectivity index (χ1n) is 7.07. The Kier molecular flexibility index (Phi) is 4.66. The number of hydrogen-bond acceptors (Lipinski definition) is 5. The number of aromatic nitrogens is 4. The van der Waals surface area contributed by atoms with Crippen molar-refractivity contribution >= 4 is 23.2 Å². The van der Waals surface area contributed by atoms with Crippen molar-refractivity contribution in [2.45, 2.75) is 19.4 Å². The number of nitrogens with zero attached hydrogens (tertiary/aromatic N) is 4. The minimum atomic E-state index is 0.274. The van der Waals surface area contributed by atoms with Gasteiger partial charge in [-0.1, -0.05) is 28.4 Å². The highest BCUT2D eigenvalue weighted by atomic mass is 35.5. The maximum absolute atomic E-state index is 6.19. The van der Waals surface area contributed by atoms with Gasteiger partial charge in [-0.3, -0.25) is 0 Å². The monoisotopic (exact) mass is 351 g/mol. The van der Waals surface area contributed by atoms with Crippen LogP contribution in [0, 0.1) is 0 Å². The topological polar surface area (TPSA) is 68.8 Å². The summed E-state index contributed by atoms with van der Waals surface area (Å²) >= 11 is 12.1. The fourth-order valence-electron chi connectivity index (χ4n) is 2.06. The quantitative estimate of drug-likeness (QED) is 0.762. The van der Waals surface area contributed by atoms with Gasteiger partial charge < -0.3 is 9.84 Å². The Balaban J connectivity index is 1.84. The van der Waals surface area contributed by atoms with Gasteiger partial charge in [0.15, 0.2) is 5.82 Å². The van der Waals surface area contributed by atoms with E-state index < -0.39 is 0 Å². The normalized spacial score (nSPS) is 12.5. The Morgan fingerprint density at radius 1 is 1.35 bits per heavy atom. The van der Waals surface area contributed by atoms with Crippen LogP contribution < -0.4 is 5.32 Å². The van der Waals surface area contributed by atoms with Crippen LogP contribution in [0.15, 0.2) is 35.1 Å². The van der Waals surface area contributed by atoms with E-state index in [2.05, 4.69) is 27.5 Å². The summed E-state index contributed by atoms with van der Waals surface area (Å²) in [6.07, 6.45) is 4.13. The van der Waals surface area contributed by atoms with E-state index in [1.807, 2.05) is 7.05 Å². The molecule has 23 heavy (non-hydrogen) atoms. The predicted octanol–water partition coefficient (Wildman–Crippen LogP) is 3.38. The molecule has 120 valence electrons. The van der Waals surface area contributed by atoms with E-state index in [-0.39, 0.29) is 6.04 Å². The molecule has 1 aromatic carbocycles. The molecule has 0 saturated carbocycles. The second kappa shape index (κ2) is 6.70.